The molecule has 1 aliphatic carbocycles. The largest absolute Gasteiger partial charge is 0.396 e. The van der Waals surface area contributed by atoms with Crippen molar-refractivity contribution < 1.29 is 9.90 Å². The van der Waals surface area contributed by atoms with Gasteiger partial charge >= 0.3 is 0 Å². The maximum atomic E-state index is 12.4. The van der Waals surface area contributed by atoms with Crippen molar-refractivity contribution in [1.82, 2.24) is 10.3 Å². The van der Waals surface area contributed by atoms with Gasteiger partial charge in [0.25, 0.3) is 5.91 Å². The Morgan fingerprint density at radius 2 is 2.05 bits per heavy atom. The lowest BCUT2D eigenvalue weighted by atomic mass is 9.86. The molecule has 4 nitrogen and oxygen atoms in total. The second-order valence-corrected chi connectivity index (χ2v) is 5.62. The average Bonchev–Trinajstić information content (AvgIpc) is 2.96. The van der Waals surface area contributed by atoms with E-state index >= 15 is 0 Å². The zero-order valence-electron chi connectivity index (χ0n) is 11.4. The lowest BCUT2D eigenvalue weighted by molar-refractivity contribution is 0.0915. The highest BCUT2D eigenvalue weighted by Crippen LogP contribution is 2.24. The van der Waals surface area contributed by atoms with Gasteiger partial charge in [0.1, 0.15) is 0 Å². The Hall–Kier alpha value is -1.81. The topological polar surface area (TPSA) is 65.1 Å². The third kappa shape index (κ3) is 2.56. The van der Waals surface area contributed by atoms with Crippen LogP contribution in [0.4, 0.5) is 0 Å². The minimum atomic E-state index is -0.00880. The predicted octanol–water partition coefficient (Wildman–Crippen LogP) is 2.45. The quantitative estimate of drug-likeness (QED) is 0.803. The molecule has 106 valence electrons. The van der Waals surface area contributed by atoms with Crippen LogP contribution < -0.4 is 5.32 Å². The monoisotopic (exact) mass is 272 g/mol. The Kier molecular flexibility index (Phi) is 3.74. The lowest BCUT2D eigenvalue weighted by Gasteiger charge is -2.28. The molecule has 0 bridgehead atoms. The van der Waals surface area contributed by atoms with Crippen molar-refractivity contribution in [2.24, 2.45) is 5.92 Å². The molecule has 0 spiro atoms. The minimum Gasteiger partial charge on any atom is -0.396 e. The van der Waals surface area contributed by atoms with E-state index in [-0.39, 0.29) is 18.6 Å². The van der Waals surface area contributed by atoms with Crippen molar-refractivity contribution in [3.8, 4) is 0 Å². The standard InChI is InChI=1S/C16H20N2O2/c19-10-11-4-6-13(7-5-11)18-16(20)14-3-1-2-12-8-9-17-15(12)14/h1-3,8-9,11,13,17,19H,4-7,10H2,(H,18,20). The van der Waals surface area contributed by atoms with Crippen molar-refractivity contribution in [2.45, 2.75) is 31.7 Å². The molecule has 3 rings (SSSR count). The number of fused-ring (bicyclic) bond motifs is 1. The number of aliphatic hydroxyl groups excluding tert-OH is 1. The van der Waals surface area contributed by atoms with E-state index in [4.69, 9.17) is 5.11 Å². The molecule has 0 aliphatic heterocycles. The van der Waals surface area contributed by atoms with E-state index in [0.29, 0.717) is 11.5 Å². The maximum absolute atomic E-state index is 12.4. The fraction of sp³-hybridized carbons (Fsp3) is 0.438. The van der Waals surface area contributed by atoms with Crippen LogP contribution in [-0.4, -0.2) is 28.6 Å². The number of aromatic nitrogens is 1. The molecular formula is C16H20N2O2. The second-order valence-electron chi connectivity index (χ2n) is 5.62. The number of aromatic amines is 1. The van der Waals surface area contributed by atoms with Crippen LogP contribution >= 0.6 is 0 Å². The second kappa shape index (κ2) is 5.67. The Bertz CT molecular complexity index is 597. The number of carbonyl (C=O) groups is 1. The van der Waals surface area contributed by atoms with Crippen molar-refractivity contribution in [2.75, 3.05) is 6.61 Å². The lowest BCUT2D eigenvalue weighted by Crippen LogP contribution is -2.38. The molecule has 1 heterocycles. The summed E-state index contributed by atoms with van der Waals surface area (Å²) in [6.45, 7) is 0.266. The van der Waals surface area contributed by atoms with Gasteiger partial charge in [-0.15, -0.1) is 0 Å². The van der Waals surface area contributed by atoms with Gasteiger partial charge in [-0.05, 0) is 43.7 Å². The van der Waals surface area contributed by atoms with E-state index in [1.807, 2.05) is 30.5 Å². The number of H-pyrrole nitrogens is 1. The van der Waals surface area contributed by atoms with Gasteiger partial charge in [0.15, 0.2) is 0 Å². The van der Waals surface area contributed by atoms with E-state index in [9.17, 15) is 4.79 Å². The summed E-state index contributed by atoms with van der Waals surface area (Å²) in [5, 5.41) is 13.3. The molecule has 1 aromatic carbocycles. The Balaban J connectivity index is 1.69. The van der Waals surface area contributed by atoms with Gasteiger partial charge in [-0.3, -0.25) is 4.79 Å². The molecule has 3 N–H and O–H groups in total. The summed E-state index contributed by atoms with van der Waals surface area (Å²) in [6, 6.07) is 7.96. The molecule has 4 heteroatoms. The van der Waals surface area contributed by atoms with Crippen LogP contribution in [0, 0.1) is 5.92 Å². The van der Waals surface area contributed by atoms with Crippen molar-refractivity contribution in [3.63, 3.8) is 0 Å². The molecule has 2 aromatic rings. The summed E-state index contributed by atoms with van der Waals surface area (Å²) in [5.74, 6) is 0.403. The highest BCUT2D eigenvalue weighted by molar-refractivity contribution is 6.05. The number of rotatable bonds is 3. The van der Waals surface area contributed by atoms with E-state index in [1.165, 1.54) is 0 Å². The van der Waals surface area contributed by atoms with Gasteiger partial charge in [0.2, 0.25) is 0 Å². The molecule has 0 atom stereocenters. The number of hydrogen-bond donors (Lipinski definition) is 3. The fourth-order valence-corrected chi connectivity index (χ4v) is 3.03. The number of benzene rings is 1. The van der Waals surface area contributed by atoms with Gasteiger partial charge in [0.05, 0.1) is 11.1 Å². The van der Waals surface area contributed by atoms with Crippen LogP contribution in [0.25, 0.3) is 10.9 Å². The first-order valence-corrected chi connectivity index (χ1v) is 7.25. The normalized spacial score (nSPS) is 22.9. The first kappa shape index (κ1) is 13.2. The molecule has 1 fully saturated rings. The van der Waals surface area contributed by atoms with Crippen LogP contribution in [0.5, 0.6) is 0 Å². The summed E-state index contributed by atoms with van der Waals surface area (Å²) >= 11 is 0. The van der Waals surface area contributed by atoms with Gasteiger partial charge in [-0.2, -0.15) is 0 Å². The summed E-state index contributed by atoms with van der Waals surface area (Å²) in [7, 11) is 0. The zero-order chi connectivity index (χ0) is 13.9. The Morgan fingerprint density at radius 3 is 2.80 bits per heavy atom. The number of para-hydroxylation sites is 1. The average molecular weight is 272 g/mol. The molecule has 1 aromatic heterocycles. The highest BCUT2D eigenvalue weighted by atomic mass is 16.3. The van der Waals surface area contributed by atoms with E-state index in [0.717, 1.165) is 36.6 Å². The van der Waals surface area contributed by atoms with Gasteiger partial charge in [0, 0.05) is 24.2 Å². The van der Waals surface area contributed by atoms with Crippen LogP contribution in [-0.2, 0) is 0 Å². The zero-order valence-corrected chi connectivity index (χ0v) is 11.4. The summed E-state index contributed by atoms with van der Waals surface area (Å²) in [4.78, 5) is 15.5. The summed E-state index contributed by atoms with van der Waals surface area (Å²) < 4.78 is 0. The first-order valence-electron chi connectivity index (χ1n) is 7.25. The predicted molar refractivity (Wildman–Crippen MR) is 78.6 cm³/mol. The molecule has 1 saturated carbocycles. The van der Waals surface area contributed by atoms with Crippen LogP contribution in [0.3, 0.4) is 0 Å². The molecule has 0 unspecified atom stereocenters. The number of carbonyl (C=O) groups excluding carboxylic acids is 1. The SMILES string of the molecule is O=C(NC1CCC(CO)CC1)c1cccc2cc[nH]c12. The first-order chi connectivity index (χ1) is 9.78. The van der Waals surface area contributed by atoms with E-state index in [2.05, 4.69) is 10.3 Å². The summed E-state index contributed by atoms with van der Waals surface area (Å²) in [5.41, 5.74) is 1.60. The minimum absolute atomic E-state index is 0.00880. The van der Waals surface area contributed by atoms with E-state index < -0.39 is 0 Å². The highest BCUT2D eigenvalue weighted by Gasteiger charge is 2.22. The van der Waals surface area contributed by atoms with Crippen molar-refractivity contribution >= 4 is 16.8 Å². The molecule has 20 heavy (non-hydrogen) atoms. The fourth-order valence-electron chi connectivity index (χ4n) is 3.03. The van der Waals surface area contributed by atoms with E-state index in [1.54, 1.807) is 0 Å². The molecule has 0 saturated heterocycles. The Labute approximate surface area is 118 Å². The Morgan fingerprint density at radius 1 is 1.25 bits per heavy atom. The van der Waals surface area contributed by atoms with Gasteiger partial charge in [-0.25, -0.2) is 0 Å². The maximum Gasteiger partial charge on any atom is 0.253 e. The van der Waals surface area contributed by atoms with Gasteiger partial charge in [-0.1, -0.05) is 12.1 Å². The smallest absolute Gasteiger partial charge is 0.253 e. The van der Waals surface area contributed by atoms with Crippen LogP contribution in [0.15, 0.2) is 30.5 Å². The van der Waals surface area contributed by atoms with Crippen LogP contribution in [0.1, 0.15) is 36.0 Å². The molecular weight excluding hydrogens is 252 g/mol. The van der Waals surface area contributed by atoms with Crippen molar-refractivity contribution in [3.05, 3.63) is 36.0 Å². The van der Waals surface area contributed by atoms with Gasteiger partial charge < -0.3 is 15.4 Å². The number of nitrogens with one attached hydrogen (secondary N) is 2. The third-order valence-corrected chi connectivity index (χ3v) is 4.27. The number of amides is 1. The molecule has 1 amide bonds. The summed E-state index contributed by atoms with van der Waals surface area (Å²) in [6.07, 6.45) is 5.76. The number of hydrogen-bond acceptors (Lipinski definition) is 2. The number of aliphatic hydroxyl groups is 1. The third-order valence-electron chi connectivity index (χ3n) is 4.27. The van der Waals surface area contributed by atoms with Crippen LogP contribution in [0.2, 0.25) is 0 Å². The molecule has 0 radical (unpaired) electrons. The molecule has 1 aliphatic rings. The van der Waals surface area contributed by atoms with Crippen molar-refractivity contribution in [1.29, 1.82) is 0 Å².